The van der Waals surface area contributed by atoms with E-state index in [0.717, 1.165) is 5.56 Å². The third-order valence-corrected chi connectivity index (χ3v) is 3.00. The molecule has 0 fully saturated rings. The fourth-order valence-corrected chi connectivity index (χ4v) is 1.97. The predicted molar refractivity (Wildman–Crippen MR) is 75.0 cm³/mol. The summed E-state index contributed by atoms with van der Waals surface area (Å²) >= 11 is 0. The van der Waals surface area contributed by atoms with Crippen molar-refractivity contribution < 1.29 is 9.90 Å². The summed E-state index contributed by atoms with van der Waals surface area (Å²) in [5.41, 5.74) is 1.50. The number of aromatic nitrogens is 2. The Hall–Kier alpha value is -2.27. The highest BCUT2D eigenvalue weighted by atomic mass is 16.3. The maximum absolute atomic E-state index is 12.2. The Labute approximate surface area is 117 Å². The maximum Gasteiger partial charge on any atom is 0.253 e. The highest BCUT2D eigenvalue weighted by Crippen LogP contribution is 2.18. The van der Waals surface area contributed by atoms with Gasteiger partial charge in [-0.1, -0.05) is 30.3 Å². The molecule has 0 aliphatic heterocycles. The van der Waals surface area contributed by atoms with Crippen LogP contribution in [0, 0.1) is 0 Å². The number of benzene rings is 1. The van der Waals surface area contributed by atoms with Crippen molar-refractivity contribution in [2.24, 2.45) is 0 Å². The molecular formula is C15H17N3O2. The van der Waals surface area contributed by atoms with Gasteiger partial charge in [-0.25, -0.2) is 0 Å². The summed E-state index contributed by atoms with van der Waals surface area (Å²) < 4.78 is 0. The van der Waals surface area contributed by atoms with Gasteiger partial charge >= 0.3 is 0 Å². The van der Waals surface area contributed by atoms with E-state index >= 15 is 0 Å². The third kappa shape index (κ3) is 3.86. The van der Waals surface area contributed by atoms with Crippen LogP contribution in [0.5, 0.6) is 0 Å². The summed E-state index contributed by atoms with van der Waals surface area (Å²) in [5, 5.41) is 19.3. The van der Waals surface area contributed by atoms with Crippen molar-refractivity contribution in [3.05, 3.63) is 59.9 Å². The predicted octanol–water partition coefficient (Wildman–Crippen LogP) is 1.72. The van der Waals surface area contributed by atoms with Gasteiger partial charge in [0.05, 0.1) is 24.0 Å². The Balaban J connectivity index is 2.10. The van der Waals surface area contributed by atoms with Gasteiger partial charge in [0.25, 0.3) is 5.91 Å². The lowest BCUT2D eigenvalue weighted by molar-refractivity contribution is 0.0932. The molecule has 1 aromatic heterocycles. The molecule has 2 aromatic rings. The summed E-state index contributed by atoms with van der Waals surface area (Å²) in [7, 11) is 0. The van der Waals surface area contributed by atoms with Gasteiger partial charge in [0, 0.05) is 6.61 Å². The van der Waals surface area contributed by atoms with Crippen molar-refractivity contribution in [3.8, 4) is 0 Å². The lowest BCUT2D eigenvalue weighted by Gasteiger charge is -2.18. The van der Waals surface area contributed by atoms with Crippen LogP contribution < -0.4 is 5.32 Å². The minimum atomic E-state index is -0.188. The number of carbonyl (C=O) groups excluding carboxylic acids is 1. The molecule has 2 rings (SSSR count). The Morgan fingerprint density at radius 2 is 2.00 bits per heavy atom. The Kier molecular flexibility index (Phi) is 5.20. The molecule has 0 spiro atoms. The van der Waals surface area contributed by atoms with E-state index in [1.54, 1.807) is 6.07 Å². The molecule has 2 N–H and O–H groups in total. The zero-order valence-corrected chi connectivity index (χ0v) is 11.1. The van der Waals surface area contributed by atoms with E-state index in [-0.39, 0.29) is 18.6 Å². The first kappa shape index (κ1) is 14.1. The lowest BCUT2D eigenvalue weighted by Crippen LogP contribution is -2.28. The molecule has 1 atom stereocenters. The van der Waals surface area contributed by atoms with Crippen LogP contribution >= 0.6 is 0 Å². The average Bonchev–Trinajstić information content (AvgIpc) is 2.53. The molecule has 104 valence electrons. The lowest BCUT2D eigenvalue weighted by atomic mass is 10.0. The standard InChI is InChI=1S/C15H17N3O2/c19-10-4-7-14(12-5-2-1-3-6-12)18-15(20)13-8-9-16-17-11-13/h1-3,5-6,8-9,11,14,19H,4,7,10H2,(H,18,20). The molecule has 0 aliphatic rings. The van der Waals surface area contributed by atoms with E-state index in [1.807, 2.05) is 30.3 Å². The highest BCUT2D eigenvalue weighted by Gasteiger charge is 2.15. The molecule has 1 heterocycles. The van der Waals surface area contributed by atoms with E-state index in [0.29, 0.717) is 18.4 Å². The molecule has 5 nitrogen and oxygen atoms in total. The number of hydrogen-bond acceptors (Lipinski definition) is 4. The fraction of sp³-hybridized carbons (Fsp3) is 0.267. The SMILES string of the molecule is O=C(NC(CCCO)c1ccccc1)c1ccnnc1. The molecule has 0 aliphatic carbocycles. The van der Waals surface area contributed by atoms with Crippen molar-refractivity contribution in [3.63, 3.8) is 0 Å². The minimum Gasteiger partial charge on any atom is -0.396 e. The normalized spacial score (nSPS) is 11.8. The number of nitrogens with one attached hydrogen (secondary N) is 1. The number of aliphatic hydroxyl groups excluding tert-OH is 1. The van der Waals surface area contributed by atoms with Gasteiger partial charge in [-0.2, -0.15) is 10.2 Å². The molecule has 0 saturated heterocycles. The van der Waals surface area contributed by atoms with Gasteiger partial charge in [-0.3, -0.25) is 4.79 Å². The van der Waals surface area contributed by atoms with E-state index < -0.39 is 0 Å². The van der Waals surface area contributed by atoms with Crippen molar-refractivity contribution >= 4 is 5.91 Å². The molecule has 1 amide bonds. The monoisotopic (exact) mass is 271 g/mol. The second-order valence-electron chi connectivity index (χ2n) is 4.43. The average molecular weight is 271 g/mol. The van der Waals surface area contributed by atoms with Crippen LogP contribution in [-0.4, -0.2) is 27.8 Å². The molecule has 0 bridgehead atoms. The smallest absolute Gasteiger partial charge is 0.253 e. The quantitative estimate of drug-likeness (QED) is 0.839. The Morgan fingerprint density at radius 1 is 1.20 bits per heavy atom. The number of carbonyl (C=O) groups is 1. The van der Waals surface area contributed by atoms with E-state index in [9.17, 15) is 4.79 Å². The number of rotatable bonds is 6. The molecule has 1 unspecified atom stereocenters. The number of nitrogens with zero attached hydrogens (tertiary/aromatic N) is 2. The van der Waals surface area contributed by atoms with Crippen LogP contribution in [0.1, 0.15) is 34.8 Å². The van der Waals surface area contributed by atoms with Crippen LogP contribution in [0.15, 0.2) is 48.8 Å². The Morgan fingerprint density at radius 3 is 2.65 bits per heavy atom. The van der Waals surface area contributed by atoms with E-state index in [2.05, 4.69) is 15.5 Å². The maximum atomic E-state index is 12.2. The van der Waals surface area contributed by atoms with Crippen LogP contribution in [0.3, 0.4) is 0 Å². The van der Waals surface area contributed by atoms with Crippen LogP contribution in [0.25, 0.3) is 0 Å². The van der Waals surface area contributed by atoms with Crippen LogP contribution in [0.4, 0.5) is 0 Å². The fourth-order valence-electron chi connectivity index (χ4n) is 1.97. The van der Waals surface area contributed by atoms with Gasteiger partial charge in [-0.15, -0.1) is 0 Å². The van der Waals surface area contributed by atoms with Crippen molar-refractivity contribution in [2.75, 3.05) is 6.61 Å². The second-order valence-corrected chi connectivity index (χ2v) is 4.43. The summed E-state index contributed by atoms with van der Waals surface area (Å²) in [5.74, 6) is -0.188. The first-order chi connectivity index (χ1) is 9.81. The Bertz CT molecular complexity index is 531. The summed E-state index contributed by atoms with van der Waals surface area (Å²) in [4.78, 5) is 12.2. The zero-order valence-electron chi connectivity index (χ0n) is 11.1. The van der Waals surface area contributed by atoms with Crippen molar-refractivity contribution in [1.82, 2.24) is 15.5 Å². The molecule has 1 aromatic carbocycles. The zero-order chi connectivity index (χ0) is 14.2. The topological polar surface area (TPSA) is 75.1 Å². The summed E-state index contributed by atoms with van der Waals surface area (Å²) in [6.45, 7) is 0.107. The first-order valence-corrected chi connectivity index (χ1v) is 6.54. The highest BCUT2D eigenvalue weighted by molar-refractivity contribution is 5.93. The molecule has 5 heteroatoms. The molecule has 0 saturated carbocycles. The number of amides is 1. The summed E-state index contributed by atoms with van der Waals surface area (Å²) in [6, 6.07) is 11.2. The molecule has 20 heavy (non-hydrogen) atoms. The minimum absolute atomic E-state index is 0.107. The van der Waals surface area contributed by atoms with E-state index in [1.165, 1.54) is 12.4 Å². The summed E-state index contributed by atoms with van der Waals surface area (Å²) in [6.07, 6.45) is 4.24. The van der Waals surface area contributed by atoms with Gasteiger partial charge in [0.2, 0.25) is 0 Å². The van der Waals surface area contributed by atoms with Gasteiger partial charge in [-0.05, 0) is 24.5 Å². The largest absolute Gasteiger partial charge is 0.396 e. The molecular weight excluding hydrogens is 254 g/mol. The first-order valence-electron chi connectivity index (χ1n) is 6.54. The van der Waals surface area contributed by atoms with E-state index in [4.69, 9.17) is 5.11 Å². The van der Waals surface area contributed by atoms with Crippen LogP contribution in [-0.2, 0) is 0 Å². The van der Waals surface area contributed by atoms with Crippen LogP contribution in [0.2, 0.25) is 0 Å². The van der Waals surface area contributed by atoms with Gasteiger partial charge in [0.15, 0.2) is 0 Å². The van der Waals surface area contributed by atoms with Crippen molar-refractivity contribution in [1.29, 1.82) is 0 Å². The number of hydrogen-bond donors (Lipinski definition) is 2. The third-order valence-electron chi connectivity index (χ3n) is 3.00. The number of aliphatic hydroxyl groups is 1. The van der Waals surface area contributed by atoms with Gasteiger partial charge < -0.3 is 10.4 Å². The van der Waals surface area contributed by atoms with Gasteiger partial charge in [0.1, 0.15) is 0 Å². The van der Waals surface area contributed by atoms with Crippen molar-refractivity contribution in [2.45, 2.75) is 18.9 Å². The molecule has 0 radical (unpaired) electrons. The second kappa shape index (κ2) is 7.35.